The maximum absolute atomic E-state index is 14.5. The number of hydrogen-bond acceptors (Lipinski definition) is 5. The summed E-state index contributed by atoms with van der Waals surface area (Å²) in [5.41, 5.74) is -3.31. The maximum atomic E-state index is 14.5. The van der Waals surface area contributed by atoms with E-state index in [1.807, 2.05) is 0 Å². The molecule has 1 amide bonds. The lowest BCUT2D eigenvalue weighted by Crippen LogP contribution is -2.47. The Kier molecular flexibility index (Phi) is 6.32. The highest BCUT2D eigenvalue weighted by molar-refractivity contribution is 5.95. The zero-order valence-electron chi connectivity index (χ0n) is 19.1. The number of H-pyrrole nitrogens is 2. The first-order chi connectivity index (χ1) is 16.9. The first-order valence-electron chi connectivity index (χ1n) is 10.6. The Morgan fingerprint density at radius 3 is 2.61 bits per heavy atom. The quantitative estimate of drug-likeness (QED) is 0.358. The Balaban J connectivity index is 1.73. The van der Waals surface area contributed by atoms with Gasteiger partial charge in [0.15, 0.2) is 17.2 Å². The third kappa shape index (κ3) is 4.21. The van der Waals surface area contributed by atoms with Gasteiger partial charge < -0.3 is 14.8 Å². The molecule has 1 aliphatic rings. The lowest BCUT2D eigenvalue weighted by Gasteiger charge is -2.32. The molecule has 4 rings (SSSR count). The van der Waals surface area contributed by atoms with Gasteiger partial charge in [0.25, 0.3) is 11.7 Å². The first kappa shape index (κ1) is 25.3. The molecular formula is C22H21F5N5O4+. The molecule has 0 unspecified atom stereocenters. The van der Waals surface area contributed by atoms with Crippen LogP contribution in [-0.2, 0) is 9.53 Å². The van der Waals surface area contributed by atoms with Crippen molar-refractivity contribution < 1.29 is 40.9 Å². The second-order valence-electron chi connectivity index (χ2n) is 8.42. The van der Waals surface area contributed by atoms with E-state index in [0.717, 1.165) is 26.2 Å². The highest BCUT2D eigenvalue weighted by atomic mass is 19.4. The van der Waals surface area contributed by atoms with Gasteiger partial charge in [-0.15, -0.1) is 9.67 Å². The maximum Gasteiger partial charge on any atom is 0.417 e. The van der Waals surface area contributed by atoms with Gasteiger partial charge in [0.2, 0.25) is 12.1 Å². The topological polar surface area (TPSA) is 113 Å². The van der Waals surface area contributed by atoms with Crippen LogP contribution in [0.4, 0.5) is 27.6 Å². The summed E-state index contributed by atoms with van der Waals surface area (Å²) in [7, 11) is 1.04. The summed E-state index contributed by atoms with van der Waals surface area (Å²) in [6.45, 7) is 2.02. The Morgan fingerprint density at radius 1 is 1.28 bits per heavy atom. The van der Waals surface area contributed by atoms with Crippen molar-refractivity contribution in [2.75, 3.05) is 12.4 Å². The fraction of sp³-hybridized carbons (Fsp3) is 0.364. The van der Waals surface area contributed by atoms with Crippen molar-refractivity contribution in [3.05, 3.63) is 64.5 Å². The Morgan fingerprint density at radius 2 is 2.00 bits per heavy atom. The zero-order valence-corrected chi connectivity index (χ0v) is 19.1. The van der Waals surface area contributed by atoms with Crippen LogP contribution in [0.1, 0.15) is 25.3 Å². The van der Waals surface area contributed by atoms with Crippen LogP contribution in [-0.4, -0.2) is 46.0 Å². The van der Waals surface area contributed by atoms with E-state index in [4.69, 9.17) is 9.47 Å². The number of ether oxygens (including phenoxy) is 2. The normalized spacial score (nSPS) is 24.1. The molecular weight excluding hydrogens is 493 g/mol. The molecule has 0 bridgehead atoms. The molecule has 1 aromatic carbocycles. The molecule has 0 aliphatic carbocycles. The van der Waals surface area contributed by atoms with Gasteiger partial charge in [-0.3, -0.25) is 4.79 Å². The number of rotatable bonds is 5. The summed E-state index contributed by atoms with van der Waals surface area (Å²) < 4.78 is 81.9. The van der Waals surface area contributed by atoms with E-state index in [2.05, 4.69) is 20.4 Å². The van der Waals surface area contributed by atoms with Gasteiger partial charge in [0.05, 0.1) is 12.8 Å². The molecule has 3 N–H and O–H groups in total. The van der Waals surface area contributed by atoms with E-state index >= 15 is 0 Å². The van der Waals surface area contributed by atoms with Crippen LogP contribution in [0.25, 0.3) is 5.82 Å². The van der Waals surface area contributed by atoms with Crippen molar-refractivity contribution in [3.8, 4) is 11.6 Å². The van der Waals surface area contributed by atoms with Gasteiger partial charge in [0.1, 0.15) is 12.3 Å². The largest absolute Gasteiger partial charge is 0.493 e. The number of nitrogens with zero attached hydrogens (tertiary/aromatic N) is 2. The SMILES string of the molecule is COc1c([C@H]2[C@H](C(=O)Nc3ccnc(-[n+]4c[nH]c(=O)[nH]4)c3)O[C@@](C)(C(F)(F)F)[C@H]2C)ccc(F)c1F. The van der Waals surface area contributed by atoms with Crippen molar-refractivity contribution in [1.29, 1.82) is 0 Å². The van der Waals surface area contributed by atoms with Crippen LogP contribution in [0.3, 0.4) is 0 Å². The van der Waals surface area contributed by atoms with Crippen LogP contribution >= 0.6 is 0 Å². The average molecular weight is 514 g/mol. The summed E-state index contributed by atoms with van der Waals surface area (Å²) in [6, 6.07) is 4.56. The van der Waals surface area contributed by atoms with Crippen LogP contribution in [0, 0.1) is 17.6 Å². The van der Waals surface area contributed by atoms with E-state index in [9.17, 15) is 31.5 Å². The minimum atomic E-state index is -4.88. The summed E-state index contributed by atoms with van der Waals surface area (Å²) in [6.07, 6.45) is -4.05. The van der Waals surface area contributed by atoms with E-state index < -0.39 is 58.7 Å². The Hall–Kier alpha value is -3.81. The second-order valence-corrected chi connectivity index (χ2v) is 8.42. The average Bonchev–Trinajstić information content (AvgIpc) is 3.37. The lowest BCUT2D eigenvalue weighted by atomic mass is 9.77. The van der Waals surface area contributed by atoms with Crippen molar-refractivity contribution >= 4 is 11.6 Å². The zero-order chi connectivity index (χ0) is 26.4. The fourth-order valence-corrected chi connectivity index (χ4v) is 4.30. The lowest BCUT2D eigenvalue weighted by molar-refractivity contribution is -0.661. The number of methoxy groups -OCH3 is 1. The Bertz CT molecular complexity index is 1360. The van der Waals surface area contributed by atoms with Crippen molar-refractivity contribution in [1.82, 2.24) is 15.1 Å². The molecule has 1 saturated heterocycles. The number of nitrogens with one attached hydrogen (secondary N) is 3. The number of carbonyl (C=O) groups is 1. The summed E-state index contributed by atoms with van der Waals surface area (Å²) in [5.74, 6) is -6.77. The molecule has 0 saturated carbocycles. The molecule has 14 heteroatoms. The highest BCUT2D eigenvalue weighted by Crippen LogP contribution is 2.55. The smallest absolute Gasteiger partial charge is 0.417 e. The number of alkyl halides is 3. The standard InChI is InChI=1S/C22H20F5N5O4/c1-10-15(12-4-5-13(23)16(24)17(12)35-3)18(36-21(10,2)22(25,26)27)19(33)30-11-6-7-28-14(8-11)32-9-29-20(34)31-32/h4-10,15,18H,1-3H3,(H2,28,30,31,33,34)/p+1/t10-,15-,18+,21+/m0/s1. The van der Waals surface area contributed by atoms with Crippen LogP contribution in [0.2, 0.25) is 0 Å². The minimum absolute atomic E-state index is 0.132. The van der Waals surface area contributed by atoms with Gasteiger partial charge >= 0.3 is 11.9 Å². The van der Waals surface area contributed by atoms with Gasteiger partial charge in [0, 0.05) is 23.5 Å². The van der Waals surface area contributed by atoms with Crippen molar-refractivity contribution in [2.24, 2.45) is 5.92 Å². The molecule has 0 spiro atoms. The van der Waals surface area contributed by atoms with E-state index in [0.29, 0.717) is 0 Å². The summed E-state index contributed by atoms with van der Waals surface area (Å²) in [5, 5.41) is 4.89. The van der Waals surface area contributed by atoms with Gasteiger partial charge in [-0.1, -0.05) is 13.0 Å². The van der Waals surface area contributed by atoms with Gasteiger partial charge in [-0.25, -0.2) is 14.2 Å². The number of aromatic nitrogens is 4. The number of carbonyl (C=O) groups excluding carboxylic acids is 1. The molecule has 1 fully saturated rings. The van der Waals surface area contributed by atoms with Gasteiger partial charge in [-0.05, 0) is 19.1 Å². The van der Waals surface area contributed by atoms with E-state index in [1.54, 1.807) is 0 Å². The number of benzene rings is 1. The van der Waals surface area contributed by atoms with Gasteiger partial charge in [-0.2, -0.15) is 22.7 Å². The predicted molar refractivity (Wildman–Crippen MR) is 114 cm³/mol. The van der Waals surface area contributed by atoms with E-state index in [1.165, 1.54) is 36.3 Å². The fourth-order valence-electron chi connectivity index (χ4n) is 4.30. The molecule has 192 valence electrons. The van der Waals surface area contributed by atoms with Crippen molar-refractivity contribution in [3.63, 3.8) is 0 Å². The summed E-state index contributed by atoms with van der Waals surface area (Å²) >= 11 is 0. The number of pyridine rings is 1. The molecule has 9 nitrogen and oxygen atoms in total. The predicted octanol–water partition coefficient (Wildman–Crippen LogP) is 2.74. The van der Waals surface area contributed by atoms with Crippen LogP contribution in [0.5, 0.6) is 5.75 Å². The minimum Gasteiger partial charge on any atom is -0.493 e. The molecule has 36 heavy (non-hydrogen) atoms. The number of halogens is 5. The molecule has 0 radical (unpaired) electrons. The van der Waals surface area contributed by atoms with Crippen LogP contribution < -0.4 is 20.4 Å². The third-order valence-electron chi connectivity index (χ3n) is 6.38. The van der Waals surface area contributed by atoms with E-state index in [-0.39, 0.29) is 17.1 Å². The van der Waals surface area contributed by atoms with Crippen molar-refractivity contribution in [2.45, 2.75) is 37.6 Å². The Labute approximate surface area is 200 Å². The molecule has 3 heterocycles. The highest BCUT2D eigenvalue weighted by Gasteiger charge is 2.65. The number of amides is 1. The third-order valence-corrected chi connectivity index (χ3v) is 6.38. The first-order valence-corrected chi connectivity index (χ1v) is 10.6. The molecule has 4 atom stereocenters. The number of aromatic amines is 2. The van der Waals surface area contributed by atoms with Crippen LogP contribution in [0.15, 0.2) is 41.6 Å². The molecule has 3 aromatic rings. The monoisotopic (exact) mass is 514 g/mol. The molecule has 1 aliphatic heterocycles. The number of hydrogen-bond donors (Lipinski definition) is 3. The molecule has 2 aromatic heterocycles. The number of anilines is 1. The summed E-state index contributed by atoms with van der Waals surface area (Å²) in [4.78, 5) is 31.0. The second kappa shape index (κ2) is 9.00.